The van der Waals surface area contributed by atoms with Crippen LogP contribution in [0.25, 0.3) is 0 Å². The van der Waals surface area contributed by atoms with Gasteiger partial charge in [0.15, 0.2) is 0 Å². The molecule has 20 heavy (non-hydrogen) atoms. The van der Waals surface area contributed by atoms with Gasteiger partial charge in [-0.1, -0.05) is 0 Å². The molecule has 0 aliphatic carbocycles. The lowest BCUT2D eigenvalue weighted by atomic mass is 10.2. The van der Waals surface area contributed by atoms with Gasteiger partial charge in [0, 0.05) is 19.8 Å². The number of rotatable bonds is 8. The van der Waals surface area contributed by atoms with Crippen LogP contribution in [-0.2, 0) is 28.2 Å². The summed E-state index contributed by atoms with van der Waals surface area (Å²) in [6.07, 6.45) is 3.23. The Morgan fingerprint density at radius 1 is 1.50 bits per heavy atom. The topological polar surface area (TPSA) is 90.3 Å². The molecule has 0 radical (unpaired) electrons. The summed E-state index contributed by atoms with van der Waals surface area (Å²) in [5, 5.41) is 7.14. The third-order valence-electron chi connectivity index (χ3n) is 2.72. The van der Waals surface area contributed by atoms with E-state index in [-0.39, 0.29) is 5.75 Å². The lowest BCUT2D eigenvalue weighted by Crippen LogP contribution is -2.21. The molecule has 0 fully saturated rings. The summed E-state index contributed by atoms with van der Waals surface area (Å²) in [7, 11) is -1.18. The smallest absolute Gasteiger partial charge is 0.341 e. The van der Waals surface area contributed by atoms with Crippen molar-refractivity contribution in [3.05, 3.63) is 17.5 Å². The van der Waals surface area contributed by atoms with E-state index in [1.54, 1.807) is 18.7 Å². The SMILES string of the molecule is CCOC(=O)c1cnn(C)c1CNCCCS(C)(=O)=O. The van der Waals surface area contributed by atoms with Gasteiger partial charge in [-0.2, -0.15) is 5.10 Å². The molecule has 0 saturated heterocycles. The van der Waals surface area contributed by atoms with Crippen LogP contribution in [0, 0.1) is 0 Å². The van der Waals surface area contributed by atoms with Crippen LogP contribution in [0.2, 0.25) is 0 Å². The Bertz CT molecular complexity index is 551. The van der Waals surface area contributed by atoms with Crippen molar-refractivity contribution in [1.82, 2.24) is 15.1 Å². The fourth-order valence-electron chi connectivity index (χ4n) is 1.72. The molecule has 1 heterocycles. The molecule has 0 atom stereocenters. The van der Waals surface area contributed by atoms with Gasteiger partial charge in [0.1, 0.15) is 15.4 Å². The molecule has 0 aliphatic heterocycles. The summed E-state index contributed by atoms with van der Waals surface area (Å²) in [5.74, 6) is -0.246. The molecule has 114 valence electrons. The number of nitrogens with one attached hydrogen (secondary N) is 1. The fourth-order valence-corrected chi connectivity index (χ4v) is 2.39. The third kappa shape index (κ3) is 5.30. The van der Waals surface area contributed by atoms with Gasteiger partial charge in [0.25, 0.3) is 0 Å². The molecule has 1 aromatic rings. The van der Waals surface area contributed by atoms with Gasteiger partial charge >= 0.3 is 5.97 Å². The van der Waals surface area contributed by atoms with Crippen LogP contribution in [0.15, 0.2) is 6.20 Å². The summed E-state index contributed by atoms with van der Waals surface area (Å²) in [6.45, 7) is 3.06. The summed E-state index contributed by atoms with van der Waals surface area (Å²) in [4.78, 5) is 11.7. The van der Waals surface area contributed by atoms with E-state index in [2.05, 4.69) is 10.4 Å². The standard InChI is InChI=1S/C12H21N3O4S/c1-4-19-12(16)10-8-14-15(2)11(10)9-13-6-5-7-20(3,17)18/h8,13H,4-7,9H2,1-3H3. The van der Waals surface area contributed by atoms with Gasteiger partial charge in [-0.3, -0.25) is 4.68 Å². The molecule has 0 aromatic carbocycles. The Hall–Kier alpha value is -1.41. The van der Waals surface area contributed by atoms with E-state index in [9.17, 15) is 13.2 Å². The second-order valence-corrected chi connectivity index (χ2v) is 6.77. The maximum Gasteiger partial charge on any atom is 0.341 e. The molecular formula is C12H21N3O4S. The van der Waals surface area contributed by atoms with Crippen molar-refractivity contribution in [3.8, 4) is 0 Å². The van der Waals surface area contributed by atoms with Crippen LogP contribution >= 0.6 is 0 Å². The summed E-state index contributed by atoms with van der Waals surface area (Å²) < 4.78 is 28.5. The minimum Gasteiger partial charge on any atom is -0.462 e. The number of ether oxygens (including phenoxy) is 1. The number of aryl methyl sites for hydroxylation is 1. The van der Waals surface area contributed by atoms with Crippen molar-refractivity contribution < 1.29 is 17.9 Å². The number of hydrogen-bond acceptors (Lipinski definition) is 6. The predicted octanol–water partition coefficient (Wildman–Crippen LogP) is 0.121. The summed E-state index contributed by atoms with van der Waals surface area (Å²) in [6, 6.07) is 0. The molecule has 0 spiro atoms. The minimum absolute atomic E-state index is 0.149. The van der Waals surface area contributed by atoms with Gasteiger partial charge in [0.2, 0.25) is 0 Å². The first-order valence-electron chi connectivity index (χ1n) is 6.41. The first-order valence-corrected chi connectivity index (χ1v) is 8.47. The number of carbonyl (C=O) groups excluding carboxylic acids is 1. The number of nitrogens with zero attached hydrogens (tertiary/aromatic N) is 2. The third-order valence-corrected chi connectivity index (χ3v) is 3.75. The Labute approximate surface area is 119 Å². The molecule has 1 rings (SSSR count). The zero-order valence-electron chi connectivity index (χ0n) is 12.0. The number of hydrogen-bond donors (Lipinski definition) is 1. The monoisotopic (exact) mass is 303 g/mol. The first-order chi connectivity index (χ1) is 9.35. The first kappa shape index (κ1) is 16.6. The molecule has 0 amide bonds. The Balaban J connectivity index is 2.51. The molecule has 7 nitrogen and oxygen atoms in total. The largest absolute Gasteiger partial charge is 0.462 e. The minimum atomic E-state index is -2.93. The zero-order valence-corrected chi connectivity index (χ0v) is 12.9. The quantitative estimate of drug-likeness (QED) is 0.542. The second-order valence-electron chi connectivity index (χ2n) is 4.51. The van der Waals surface area contributed by atoms with E-state index in [0.717, 1.165) is 5.69 Å². The highest BCUT2D eigenvalue weighted by atomic mass is 32.2. The van der Waals surface area contributed by atoms with E-state index < -0.39 is 15.8 Å². The average molecular weight is 303 g/mol. The average Bonchev–Trinajstić information content (AvgIpc) is 2.69. The van der Waals surface area contributed by atoms with Crippen LogP contribution in [0.4, 0.5) is 0 Å². The highest BCUT2D eigenvalue weighted by molar-refractivity contribution is 7.90. The number of aromatic nitrogens is 2. The molecule has 0 bridgehead atoms. The van der Waals surface area contributed by atoms with Crippen LogP contribution in [0.3, 0.4) is 0 Å². The summed E-state index contributed by atoms with van der Waals surface area (Å²) >= 11 is 0. The lowest BCUT2D eigenvalue weighted by molar-refractivity contribution is 0.0524. The van der Waals surface area contributed by atoms with Crippen LogP contribution < -0.4 is 5.32 Å². The van der Waals surface area contributed by atoms with Gasteiger partial charge in [-0.25, -0.2) is 13.2 Å². The van der Waals surface area contributed by atoms with Crippen molar-refractivity contribution in [1.29, 1.82) is 0 Å². The van der Waals surface area contributed by atoms with E-state index in [1.807, 2.05) is 0 Å². The highest BCUT2D eigenvalue weighted by Gasteiger charge is 2.16. The Morgan fingerprint density at radius 2 is 2.20 bits per heavy atom. The molecule has 1 N–H and O–H groups in total. The van der Waals surface area contributed by atoms with Crippen LogP contribution in [0.5, 0.6) is 0 Å². The maximum atomic E-state index is 11.7. The number of carbonyl (C=O) groups is 1. The van der Waals surface area contributed by atoms with Gasteiger partial charge in [0.05, 0.1) is 24.3 Å². The van der Waals surface area contributed by atoms with E-state index in [0.29, 0.717) is 31.7 Å². The van der Waals surface area contributed by atoms with Crippen molar-refractivity contribution >= 4 is 15.8 Å². The molecule has 8 heteroatoms. The molecule has 0 saturated carbocycles. The molecule has 1 aromatic heterocycles. The van der Waals surface area contributed by atoms with Crippen molar-refractivity contribution in [2.24, 2.45) is 7.05 Å². The molecule has 0 unspecified atom stereocenters. The van der Waals surface area contributed by atoms with Crippen LogP contribution in [-0.4, -0.2) is 49.3 Å². The van der Waals surface area contributed by atoms with Crippen LogP contribution in [0.1, 0.15) is 29.4 Å². The zero-order chi connectivity index (χ0) is 15.2. The normalized spacial score (nSPS) is 11.6. The van der Waals surface area contributed by atoms with E-state index >= 15 is 0 Å². The van der Waals surface area contributed by atoms with Crippen molar-refractivity contribution in [2.45, 2.75) is 19.9 Å². The second kappa shape index (κ2) is 7.39. The van der Waals surface area contributed by atoms with Gasteiger partial charge < -0.3 is 10.1 Å². The molecular weight excluding hydrogens is 282 g/mol. The Kier molecular flexibility index (Phi) is 6.15. The van der Waals surface area contributed by atoms with Gasteiger partial charge in [-0.05, 0) is 19.9 Å². The van der Waals surface area contributed by atoms with Gasteiger partial charge in [-0.15, -0.1) is 0 Å². The number of sulfone groups is 1. The van der Waals surface area contributed by atoms with Crippen molar-refractivity contribution in [2.75, 3.05) is 25.2 Å². The van der Waals surface area contributed by atoms with Crippen molar-refractivity contribution in [3.63, 3.8) is 0 Å². The summed E-state index contributed by atoms with van der Waals surface area (Å²) in [5.41, 5.74) is 1.16. The van der Waals surface area contributed by atoms with E-state index in [4.69, 9.17) is 4.74 Å². The predicted molar refractivity (Wildman–Crippen MR) is 75.2 cm³/mol. The highest BCUT2D eigenvalue weighted by Crippen LogP contribution is 2.09. The maximum absolute atomic E-state index is 11.7. The van der Waals surface area contributed by atoms with E-state index in [1.165, 1.54) is 12.5 Å². The number of esters is 1. The lowest BCUT2D eigenvalue weighted by Gasteiger charge is -2.07. The molecule has 0 aliphatic rings. The Morgan fingerprint density at radius 3 is 2.80 bits per heavy atom. The fraction of sp³-hybridized carbons (Fsp3) is 0.667.